The molecule has 2 rings (SSSR count). The second kappa shape index (κ2) is 7.18. The number of nitrogens with two attached hydrogens (primary N) is 1. The minimum Gasteiger partial charge on any atom is -0.345 e. The Morgan fingerprint density at radius 1 is 1.33 bits per heavy atom. The summed E-state index contributed by atoms with van der Waals surface area (Å²) in [7, 11) is 0. The molecule has 5 nitrogen and oxygen atoms in total. The highest BCUT2D eigenvalue weighted by atomic mass is 16.1. The quantitative estimate of drug-likeness (QED) is 0.856. The molecule has 0 aliphatic rings. The molecule has 0 aliphatic carbocycles. The summed E-state index contributed by atoms with van der Waals surface area (Å²) in [5.74, 6) is 0.329. The van der Waals surface area contributed by atoms with Crippen molar-refractivity contribution < 1.29 is 4.79 Å². The van der Waals surface area contributed by atoms with E-state index in [9.17, 15) is 4.79 Å². The van der Waals surface area contributed by atoms with Crippen LogP contribution in [0.1, 0.15) is 48.8 Å². The molecule has 1 atom stereocenters. The topological polar surface area (TPSA) is 72.9 Å². The van der Waals surface area contributed by atoms with Crippen LogP contribution < -0.4 is 11.1 Å². The van der Waals surface area contributed by atoms with E-state index in [1.165, 1.54) is 0 Å². The lowest BCUT2D eigenvalue weighted by molar-refractivity contribution is 0.0897. The van der Waals surface area contributed by atoms with Crippen LogP contribution in [0.3, 0.4) is 0 Å². The summed E-state index contributed by atoms with van der Waals surface area (Å²) < 4.78 is 1.81. The molecule has 5 heteroatoms. The van der Waals surface area contributed by atoms with E-state index in [0.29, 0.717) is 18.0 Å². The van der Waals surface area contributed by atoms with E-state index in [1.807, 2.05) is 49.7 Å². The Kier molecular flexibility index (Phi) is 5.44. The summed E-state index contributed by atoms with van der Waals surface area (Å²) in [6.07, 6.45) is 2.46. The molecule has 0 saturated carbocycles. The monoisotopic (exact) mass is 328 g/mol. The van der Waals surface area contributed by atoms with E-state index in [1.54, 1.807) is 6.20 Å². The molecule has 0 aliphatic heterocycles. The molecule has 0 bridgehead atoms. The first-order valence-corrected chi connectivity index (χ1v) is 8.40. The number of carbonyl (C=O) groups excluding carboxylic acids is 1. The van der Waals surface area contributed by atoms with Crippen LogP contribution in [0.25, 0.3) is 5.69 Å². The highest BCUT2D eigenvalue weighted by Crippen LogP contribution is 2.20. The molecule has 0 radical (unpaired) electrons. The largest absolute Gasteiger partial charge is 0.345 e. The number of nitrogens with zero attached hydrogens (tertiary/aromatic N) is 2. The number of amides is 1. The van der Waals surface area contributed by atoms with E-state index in [2.05, 4.69) is 24.3 Å². The van der Waals surface area contributed by atoms with Gasteiger partial charge in [0, 0.05) is 12.1 Å². The van der Waals surface area contributed by atoms with Gasteiger partial charge in [-0.3, -0.25) is 4.79 Å². The Hall–Kier alpha value is -2.14. The lowest BCUT2D eigenvalue weighted by Gasteiger charge is -2.31. The lowest BCUT2D eigenvalue weighted by Crippen LogP contribution is -2.52. The average molecular weight is 328 g/mol. The summed E-state index contributed by atoms with van der Waals surface area (Å²) in [4.78, 5) is 12.7. The van der Waals surface area contributed by atoms with E-state index in [4.69, 9.17) is 5.73 Å². The van der Waals surface area contributed by atoms with E-state index in [-0.39, 0.29) is 5.91 Å². The zero-order valence-corrected chi connectivity index (χ0v) is 15.3. The normalized spacial score (nSPS) is 13.8. The van der Waals surface area contributed by atoms with Crippen LogP contribution in [0.2, 0.25) is 0 Å². The molecule has 130 valence electrons. The molecule has 3 N–H and O–H groups in total. The SMILES string of the molecule is Cc1ccccc1-n1ncc(C(=O)NC(C)(CN)CC(C)C)c1C. The minimum absolute atomic E-state index is 0.124. The van der Waals surface area contributed by atoms with Crippen molar-refractivity contribution in [1.29, 1.82) is 0 Å². The van der Waals surface area contributed by atoms with Crippen molar-refractivity contribution in [2.75, 3.05) is 6.54 Å². The predicted octanol–water partition coefficient (Wildman–Crippen LogP) is 2.98. The number of carbonyl (C=O) groups is 1. The molecule has 0 fully saturated rings. The van der Waals surface area contributed by atoms with Gasteiger partial charge in [0.15, 0.2) is 0 Å². The van der Waals surface area contributed by atoms with Crippen molar-refractivity contribution in [2.24, 2.45) is 11.7 Å². The molecule has 1 amide bonds. The Morgan fingerprint density at radius 3 is 2.58 bits per heavy atom. The Labute approximate surface area is 144 Å². The maximum atomic E-state index is 12.7. The molecular formula is C19H28N4O. The molecule has 0 spiro atoms. The van der Waals surface area contributed by atoms with Crippen LogP contribution >= 0.6 is 0 Å². The second-order valence-corrected chi connectivity index (χ2v) is 7.16. The third kappa shape index (κ3) is 3.85. The zero-order chi connectivity index (χ0) is 17.9. The number of hydrogen-bond donors (Lipinski definition) is 2. The van der Waals surface area contributed by atoms with Crippen LogP contribution in [0.5, 0.6) is 0 Å². The van der Waals surface area contributed by atoms with Gasteiger partial charge in [-0.1, -0.05) is 32.0 Å². The zero-order valence-electron chi connectivity index (χ0n) is 15.3. The van der Waals surface area contributed by atoms with Crippen LogP contribution in [0.15, 0.2) is 30.5 Å². The standard InChI is InChI=1S/C19H28N4O/c1-13(2)10-19(5,12-20)22-18(24)16-11-21-23(15(16)4)17-9-7-6-8-14(17)3/h6-9,11,13H,10,12,20H2,1-5H3,(H,22,24). The van der Waals surface area contributed by atoms with Gasteiger partial charge in [0.2, 0.25) is 0 Å². The van der Waals surface area contributed by atoms with Gasteiger partial charge in [-0.2, -0.15) is 5.10 Å². The van der Waals surface area contributed by atoms with Crippen LogP contribution in [-0.4, -0.2) is 27.8 Å². The van der Waals surface area contributed by atoms with E-state index >= 15 is 0 Å². The van der Waals surface area contributed by atoms with Crippen LogP contribution in [0.4, 0.5) is 0 Å². The van der Waals surface area contributed by atoms with Gasteiger partial charge < -0.3 is 11.1 Å². The van der Waals surface area contributed by atoms with Crippen molar-refractivity contribution >= 4 is 5.91 Å². The van der Waals surface area contributed by atoms with Gasteiger partial charge in [-0.15, -0.1) is 0 Å². The van der Waals surface area contributed by atoms with Gasteiger partial charge in [0.25, 0.3) is 5.91 Å². The molecule has 0 saturated heterocycles. The first-order valence-electron chi connectivity index (χ1n) is 8.40. The van der Waals surface area contributed by atoms with E-state index < -0.39 is 5.54 Å². The number of aryl methyl sites for hydroxylation is 1. The van der Waals surface area contributed by atoms with E-state index in [0.717, 1.165) is 23.4 Å². The van der Waals surface area contributed by atoms with Crippen molar-refractivity contribution in [3.8, 4) is 5.69 Å². The maximum Gasteiger partial charge on any atom is 0.255 e. The van der Waals surface area contributed by atoms with Gasteiger partial charge in [-0.25, -0.2) is 4.68 Å². The van der Waals surface area contributed by atoms with Gasteiger partial charge >= 0.3 is 0 Å². The Balaban J connectivity index is 2.28. The molecule has 2 aromatic rings. The first kappa shape index (κ1) is 18.2. The summed E-state index contributed by atoms with van der Waals surface area (Å²) in [6.45, 7) is 10.6. The average Bonchev–Trinajstić information content (AvgIpc) is 2.88. The number of benzene rings is 1. The van der Waals surface area contributed by atoms with Crippen LogP contribution in [-0.2, 0) is 0 Å². The lowest BCUT2D eigenvalue weighted by atomic mass is 9.90. The summed E-state index contributed by atoms with van der Waals surface area (Å²) in [5, 5.41) is 7.50. The predicted molar refractivity (Wildman–Crippen MR) is 97.4 cm³/mol. The fourth-order valence-corrected chi connectivity index (χ4v) is 3.10. The van der Waals surface area contributed by atoms with Gasteiger partial charge in [0.05, 0.1) is 23.1 Å². The van der Waals surface area contributed by atoms with Gasteiger partial charge in [0.1, 0.15) is 0 Å². The smallest absolute Gasteiger partial charge is 0.255 e. The minimum atomic E-state index is -0.414. The van der Waals surface area contributed by atoms with Crippen molar-refractivity contribution in [3.63, 3.8) is 0 Å². The molecule has 1 unspecified atom stereocenters. The van der Waals surface area contributed by atoms with Gasteiger partial charge in [-0.05, 0) is 44.7 Å². The fraction of sp³-hybridized carbons (Fsp3) is 0.474. The highest BCUT2D eigenvalue weighted by molar-refractivity contribution is 5.95. The third-order valence-electron chi connectivity index (χ3n) is 4.32. The van der Waals surface area contributed by atoms with Crippen molar-refractivity contribution in [2.45, 2.75) is 46.6 Å². The fourth-order valence-electron chi connectivity index (χ4n) is 3.10. The third-order valence-corrected chi connectivity index (χ3v) is 4.32. The number of hydrogen-bond acceptors (Lipinski definition) is 3. The number of nitrogens with one attached hydrogen (secondary N) is 1. The molecular weight excluding hydrogens is 300 g/mol. The molecule has 1 heterocycles. The summed E-state index contributed by atoms with van der Waals surface area (Å²) in [5.41, 5.74) is 8.99. The summed E-state index contributed by atoms with van der Waals surface area (Å²) >= 11 is 0. The summed E-state index contributed by atoms with van der Waals surface area (Å²) in [6, 6.07) is 7.99. The Bertz CT molecular complexity index is 720. The number of aromatic nitrogens is 2. The number of rotatable bonds is 6. The van der Waals surface area contributed by atoms with Crippen molar-refractivity contribution in [3.05, 3.63) is 47.3 Å². The number of para-hydroxylation sites is 1. The van der Waals surface area contributed by atoms with Crippen LogP contribution in [0, 0.1) is 19.8 Å². The molecule has 1 aromatic carbocycles. The van der Waals surface area contributed by atoms with Crippen molar-refractivity contribution in [1.82, 2.24) is 15.1 Å². The molecule has 1 aromatic heterocycles. The Morgan fingerprint density at radius 2 is 2.00 bits per heavy atom. The highest BCUT2D eigenvalue weighted by Gasteiger charge is 2.28. The maximum absolute atomic E-state index is 12.7. The molecule has 24 heavy (non-hydrogen) atoms. The second-order valence-electron chi connectivity index (χ2n) is 7.16. The first-order chi connectivity index (χ1) is 11.3.